The first-order valence-electron chi connectivity index (χ1n) is 17.0. The molecule has 0 heterocycles. The highest BCUT2D eigenvalue weighted by molar-refractivity contribution is 7.92. The maximum atomic E-state index is 14.9. The predicted molar refractivity (Wildman–Crippen MR) is 206 cm³/mol. The van der Waals surface area contributed by atoms with E-state index in [1.807, 2.05) is 30.3 Å². The Balaban J connectivity index is 1.66. The highest BCUT2D eigenvalue weighted by Crippen LogP contribution is 2.36. The second kappa shape index (κ2) is 17.6. The van der Waals surface area contributed by atoms with Crippen LogP contribution in [0, 0.1) is 17.0 Å². The number of anilines is 1. The fourth-order valence-electron chi connectivity index (χ4n) is 6.40. The second-order valence-corrected chi connectivity index (χ2v) is 15.9. The average molecular weight is 802 g/mol. The molecule has 11 nitrogen and oxygen atoms in total. The second-order valence-electron chi connectivity index (χ2n) is 12.8. The molecule has 0 bridgehead atoms. The number of nitro benzene ring substituents is 1. The standard InChI is InChI=1S/C38H39Cl3N4O7S/c1-25-16-18-29(22-33(25)45(48)49)53(50,51)44(34-21-27(39)17-19-36(34)52-2)24-37(46)43(23-30-31(40)14-9-15-32(30)41)35(20-26-10-5-3-6-11-26)38(47)42-28-12-7-4-8-13-28/h3,5-6,9-11,14-19,21-22,28,35H,4,7-8,12-13,20,23-24H2,1-2H3,(H,42,47). The summed E-state index contributed by atoms with van der Waals surface area (Å²) in [4.78, 5) is 41.3. The first kappa shape index (κ1) is 39.8. The maximum Gasteiger partial charge on any atom is 0.273 e. The SMILES string of the molecule is COc1ccc(Cl)cc1N(CC(=O)N(Cc1c(Cl)cccc1Cl)C(Cc1ccccc1)C(=O)NC1CCCCC1)S(=O)(=O)c1ccc(C)c([N+](=O)[O-])c1. The number of nitrogens with zero attached hydrogens (tertiary/aromatic N) is 3. The molecule has 1 atom stereocenters. The molecule has 5 rings (SSSR count). The van der Waals surface area contributed by atoms with Crippen molar-refractivity contribution >= 4 is 68.0 Å². The van der Waals surface area contributed by atoms with Gasteiger partial charge in [0.25, 0.3) is 15.7 Å². The van der Waals surface area contributed by atoms with Gasteiger partial charge in [0.1, 0.15) is 18.3 Å². The van der Waals surface area contributed by atoms with Crippen molar-refractivity contribution < 1.29 is 27.7 Å². The number of sulfonamides is 1. The van der Waals surface area contributed by atoms with E-state index < -0.39 is 49.9 Å². The van der Waals surface area contributed by atoms with Gasteiger partial charge in [-0.05, 0) is 61.7 Å². The lowest BCUT2D eigenvalue weighted by molar-refractivity contribution is -0.385. The van der Waals surface area contributed by atoms with Crippen LogP contribution in [0.2, 0.25) is 15.1 Å². The van der Waals surface area contributed by atoms with Crippen molar-refractivity contribution in [2.24, 2.45) is 0 Å². The number of ether oxygens (including phenoxy) is 1. The van der Waals surface area contributed by atoms with Crippen LogP contribution in [0.15, 0.2) is 89.8 Å². The Morgan fingerprint density at radius 1 is 0.943 bits per heavy atom. The Hall–Kier alpha value is -4.36. The van der Waals surface area contributed by atoms with E-state index in [9.17, 15) is 28.1 Å². The van der Waals surface area contributed by atoms with Crippen molar-refractivity contribution in [1.29, 1.82) is 0 Å². The number of halogens is 3. The van der Waals surface area contributed by atoms with E-state index in [1.165, 1.54) is 49.3 Å². The molecule has 280 valence electrons. The molecule has 1 aliphatic carbocycles. The largest absolute Gasteiger partial charge is 0.495 e. The number of rotatable bonds is 14. The summed E-state index contributed by atoms with van der Waals surface area (Å²) in [5.74, 6) is -1.14. The highest BCUT2D eigenvalue weighted by atomic mass is 35.5. The lowest BCUT2D eigenvalue weighted by Crippen LogP contribution is -2.55. The van der Waals surface area contributed by atoms with Crippen LogP contribution in [0.3, 0.4) is 0 Å². The number of nitrogens with one attached hydrogen (secondary N) is 1. The van der Waals surface area contributed by atoms with Crippen molar-refractivity contribution in [3.05, 3.63) is 127 Å². The van der Waals surface area contributed by atoms with E-state index in [0.717, 1.165) is 48.0 Å². The normalized spacial score (nSPS) is 13.9. The molecule has 4 aromatic rings. The molecule has 15 heteroatoms. The molecule has 1 saturated carbocycles. The van der Waals surface area contributed by atoms with E-state index in [2.05, 4.69) is 5.32 Å². The molecule has 4 aromatic carbocycles. The Bertz CT molecular complexity index is 2060. The first-order chi connectivity index (χ1) is 25.3. The minimum absolute atomic E-state index is 0.0592. The number of aryl methyl sites for hydroxylation is 1. The average Bonchev–Trinajstić information content (AvgIpc) is 3.13. The predicted octanol–water partition coefficient (Wildman–Crippen LogP) is 8.16. The highest BCUT2D eigenvalue weighted by Gasteiger charge is 2.37. The number of amides is 2. The van der Waals surface area contributed by atoms with Crippen LogP contribution in [0.4, 0.5) is 11.4 Å². The minimum Gasteiger partial charge on any atom is -0.495 e. The number of hydrogen-bond acceptors (Lipinski definition) is 7. The van der Waals surface area contributed by atoms with Gasteiger partial charge in [0.05, 0.1) is 22.6 Å². The van der Waals surface area contributed by atoms with Gasteiger partial charge in [-0.15, -0.1) is 0 Å². The molecular weight excluding hydrogens is 763 g/mol. The van der Waals surface area contributed by atoms with Gasteiger partial charge in [0, 0.05) is 51.3 Å². The van der Waals surface area contributed by atoms with Crippen LogP contribution >= 0.6 is 34.8 Å². The number of hydrogen-bond donors (Lipinski definition) is 1. The van der Waals surface area contributed by atoms with E-state index in [-0.39, 0.29) is 51.1 Å². The summed E-state index contributed by atoms with van der Waals surface area (Å²) >= 11 is 19.6. The summed E-state index contributed by atoms with van der Waals surface area (Å²) in [6, 6.07) is 20.5. The molecule has 1 unspecified atom stereocenters. The fraction of sp³-hybridized carbons (Fsp3) is 0.316. The Morgan fingerprint density at radius 2 is 1.62 bits per heavy atom. The van der Waals surface area contributed by atoms with Gasteiger partial charge >= 0.3 is 0 Å². The molecule has 0 spiro atoms. The third kappa shape index (κ3) is 9.61. The van der Waals surface area contributed by atoms with Crippen molar-refractivity contribution in [1.82, 2.24) is 10.2 Å². The molecular formula is C38H39Cl3N4O7S. The van der Waals surface area contributed by atoms with E-state index in [0.29, 0.717) is 5.56 Å². The third-order valence-electron chi connectivity index (χ3n) is 9.27. The third-order valence-corrected chi connectivity index (χ3v) is 12.0. The molecule has 53 heavy (non-hydrogen) atoms. The van der Waals surface area contributed by atoms with E-state index in [4.69, 9.17) is 39.5 Å². The summed E-state index contributed by atoms with van der Waals surface area (Å²) in [6.45, 7) is 0.382. The van der Waals surface area contributed by atoms with Crippen LogP contribution in [-0.2, 0) is 32.6 Å². The van der Waals surface area contributed by atoms with Crippen LogP contribution in [-0.4, -0.2) is 55.8 Å². The van der Waals surface area contributed by atoms with Gasteiger partial charge < -0.3 is 15.0 Å². The lowest BCUT2D eigenvalue weighted by atomic mass is 9.94. The smallest absolute Gasteiger partial charge is 0.273 e. The van der Waals surface area contributed by atoms with Crippen LogP contribution in [0.5, 0.6) is 5.75 Å². The van der Waals surface area contributed by atoms with Gasteiger partial charge in [0.2, 0.25) is 11.8 Å². The molecule has 0 aliphatic heterocycles. The zero-order valence-corrected chi connectivity index (χ0v) is 32.2. The Morgan fingerprint density at radius 3 is 2.26 bits per heavy atom. The van der Waals surface area contributed by atoms with Gasteiger partial charge in [-0.2, -0.15) is 0 Å². The molecule has 2 amide bonds. The molecule has 0 saturated heterocycles. The summed E-state index contributed by atoms with van der Waals surface area (Å²) in [7, 11) is -3.40. The molecule has 1 N–H and O–H groups in total. The topological polar surface area (TPSA) is 139 Å². The number of nitro groups is 1. The van der Waals surface area contributed by atoms with Crippen molar-refractivity contribution in [3.63, 3.8) is 0 Å². The van der Waals surface area contributed by atoms with Gasteiger partial charge in [0.15, 0.2) is 0 Å². The van der Waals surface area contributed by atoms with Crippen molar-refractivity contribution in [2.75, 3.05) is 18.0 Å². The lowest BCUT2D eigenvalue weighted by Gasteiger charge is -2.35. The summed E-state index contributed by atoms with van der Waals surface area (Å²) < 4.78 is 35.5. The number of methoxy groups -OCH3 is 1. The molecule has 1 fully saturated rings. The van der Waals surface area contributed by atoms with Crippen molar-refractivity contribution in [2.45, 2.75) is 69.0 Å². The monoisotopic (exact) mass is 800 g/mol. The summed E-state index contributed by atoms with van der Waals surface area (Å²) in [5.41, 5.74) is 0.836. The summed E-state index contributed by atoms with van der Waals surface area (Å²) in [6.07, 6.45) is 4.64. The Kier molecular flexibility index (Phi) is 13.3. The van der Waals surface area contributed by atoms with E-state index in [1.54, 1.807) is 18.2 Å². The number of carbonyl (C=O) groups excluding carboxylic acids is 2. The van der Waals surface area contributed by atoms with Crippen molar-refractivity contribution in [3.8, 4) is 5.75 Å². The number of carbonyl (C=O) groups is 2. The zero-order valence-electron chi connectivity index (χ0n) is 29.1. The maximum absolute atomic E-state index is 14.9. The zero-order chi connectivity index (χ0) is 38.3. The minimum atomic E-state index is -4.73. The van der Waals surface area contributed by atoms with Crippen LogP contribution in [0.25, 0.3) is 0 Å². The van der Waals surface area contributed by atoms with Gasteiger partial charge in [-0.1, -0.05) is 96.5 Å². The molecule has 1 aliphatic rings. The van der Waals surface area contributed by atoms with E-state index >= 15 is 0 Å². The Labute approximate surface area is 324 Å². The molecule has 0 aromatic heterocycles. The van der Waals surface area contributed by atoms with Gasteiger partial charge in [-0.25, -0.2) is 8.42 Å². The van der Waals surface area contributed by atoms with Gasteiger partial charge in [-0.3, -0.25) is 24.0 Å². The molecule has 0 radical (unpaired) electrons. The fourth-order valence-corrected chi connectivity index (χ4v) is 8.52. The quantitative estimate of drug-likeness (QED) is 0.100. The van der Waals surface area contributed by atoms with Crippen LogP contribution in [0.1, 0.15) is 48.8 Å². The first-order valence-corrected chi connectivity index (χ1v) is 19.6. The number of benzene rings is 4. The van der Waals surface area contributed by atoms with Crippen LogP contribution < -0.4 is 14.4 Å². The summed E-state index contributed by atoms with van der Waals surface area (Å²) in [5, 5.41) is 15.6.